The third-order valence-corrected chi connectivity index (χ3v) is 6.94. The topological polar surface area (TPSA) is 49.7 Å². The largest absolute Gasteiger partial charge is 1.00 e. The van der Waals surface area contributed by atoms with Gasteiger partial charge in [0, 0.05) is 12.0 Å². The number of rotatable bonds is 19. The standard InChI is InChI=1S/C28H47N2O2.BrH/c1-2-3-4-5-6-7-8-9-10-11-12-13-17-20-28-29-21-22-30(28,23-24-31)25-27(32)26-18-15-14-16-19-26;/h14-16,18-19,31H,2-13,17,20-25H2,1H3;1H/q+1;/p-1. The zero-order valence-corrected chi connectivity index (χ0v) is 22.5. The monoisotopic (exact) mass is 522 g/mol. The van der Waals surface area contributed by atoms with Gasteiger partial charge in [-0.2, -0.15) is 0 Å². The van der Waals surface area contributed by atoms with E-state index in [-0.39, 0.29) is 29.4 Å². The van der Waals surface area contributed by atoms with E-state index in [9.17, 15) is 9.90 Å². The molecule has 0 saturated carbocycles. The fourth-order valence-corrected chi connectivity index (χ4v) is 4.94. The maximum absolute atomic E-state index is 12.9. The molecule has 0 saturated heterocycles. The Morgan fingerprint density at radius 2 is 1.42 bits per heavy atom. The lowest BCUT2D eigenvalue weighted by molar-refractivity contribution is -0.828. The number of quaternary nitrogens is 1. The van der Waals surface area contributed by atoms with Gasteiger partial charge in [0.2, 0.25) is 5.78 Å². The second kappa shape index (κ2) is 18.3. The molecule has 188 valence electrons. The lowest BCUT2D eigenvalue weighted by atomic mass is 10.0. The molecule has 1 aromatic rings. The van der Waals surface area contributed by atoms with E-state index in [2.05, 4.69) is 6.92 Å². The van der Waals surface area contributed by atoms with Crippen LogP contribution in [0.4, 0.5) is 0 Å². The van der Waals surface area contributed by atoms with Crippen molar-refractivity contribution in [2.75, 3.05) is 32.8 Å². The van der Waals surface area contributed by atoms with Gasteiger partial charge in [-0.3, -0.25) is 9.28 Å². The molecule has 0 amide bonds. The maximum Gasteiger partial charge on any atom is 0.217 e. The van der Waals surface area contributed by atoms with Crippen molar-refractivity contribution in [1.29, 1.82) is 0 Å². The summed E-state index contributed by atoms with van der Waals surface area (Å²) in [6, 6.07) is 9.53. The van der Waals surface area contributed by atoms with Crippen LogP contribution in [0.1, 0.15) is 107 Å². The minimum atomic E-state index is 0. The van der Waals surface area contributed by atoms with Gasteiger partial charge in [-0.1, -0.05) is 114 Å². The molecular weight excluding hydrogens is 476 g/mol. The summed E-state index contributed by atoms with van der Waals surface area (Å²) >= 11 is 0. The van der Waals surface area contributed by atoms with Gasteiger partial charge in [0.1, 0.15) is 19.6 Å². The number of benzene rings is 1. The van der Waals surface area contributed by atoms with E-state index in [1.807, 2.05) is 30.3 Å². The molecule has 0 radical (unpaired) electrons. The van der Waals surface area contributed by atoms with Gasteiger partial charge in [-0.15, -0.1) is 0 Å². The van der Waals surface area contributed by atoms with Crippen molar-refractivity contribution in [3.8, 4) is 0 Å². The molecule has 0 aliphatic carbocycles. The first-order chi connectivity index (χ1) is 15.7. The van der Waals surface area contributed by atoms with Crippen LogP contribution < -0.4 is 17.0 Å². The molecule has 1 aliphatic rings. The smallest absolute Gasteiger partial charge is 0.217 e. The number of aliphatic imine (C=N–C) groups is 1. The van der Waals surface area contributed by atoms with Crippen LogP contribution >= 0.6 is 0 Å². The van der Waals surface area contributed by atoms with Gasteiger partial charge < -0.3 is 22.1 Å². The molecule has 0 bridgehead atoms. The third kappa shape index (κ3) is 11.3. The van der Waals surface area contributed by atoms with Gasteiger partial charge >= 0.3 is 0 Å². The fraction of sp³-hybridized carbons (Fsp3) is 0.714. The molecule has 1 unspecified atom stereocenters. The molecule has 5 heteroatoms. The Kier molecular flexibility index (Phi) is 16.6. The highest BCUT2D eigenvalue weighted by molar-refractivity contribution is 5.98. The molecule has 4 nitrogen and oxygen atoms in total. The first kappa shape index (κ1) is 30.0. The normalized spacial score (nSPS) is 17.6. The molecule has 1 heterocycles. The predicted molar refractivity (Wildman–Crippen MR) is 135 cm³/mol. The number of carbonyl (C=O) groups excluding carboxylic acids is 1. The summed E-state index contributed by atoms with van der Waals surface area (Å²) < 4.78 is 0.558. The van der Waals surface area contributed by atoms with Crippen LogP contribution in [-0.2, 0) is 0 Å². The van der Waals surface area contributed by atoms with Crippen molar-refractivity contribution >= 4 is 11.6 Å². The van der Waals surface area contributed by atoms with Crippen molar-refractivity contribution in [3.05, 3.63) is 35.9 Å². The van der Waals surface area contributed by atoms with Crippen LogP contribution in [0, 0.1) is 0 Å². The zero-order valence-electron chi connectivity index (χ0n) is 20.9. The van der Waals surface area contributed by atoms with Crippen LogP contribution in [0.25, 0.3) is 0 Å². The minimum absolute atomic E-state index is 0. The molecule has 1 aliphatic heterocycles. The number of carbonyl (C=O) groups is 1. The predicted octanol–water partition coefficient (Wildman–Crippen LogP) is 3.58. The molecule has 0 spiro atoms. The van der Waals surface area contributed by atoms with E-state index in [0.717, 1.165) is 37.3 Å². The Morgan fingerprint density at radius 3 is 1.97 bits per heavy atom. The van der Waals surface area contributed by atoms with E-state index >= 15 is 0 Å². The van der Waals surface area contributed by atoms with Crippen LogP contribution in [0.15, 0.2) is 35.3 Å². The number of halogens is 1. The summed E-state index contributed by atoms with van der Waals surface area (Å²) in [7, 11) is 0. The summed E-state index contributed by atoms with van der Waals surface area (Å²) in [6.45, 7) is 5.00. The van der Waals surface area contributed by atoms with E-state index in [0.29, 0.717) is 17.6 Å². The highest BCUT2D eigenvalue weighted by Crippen LogP contribution is 2.22. The van der Waals surface area contributed by atoms with E-state index in [1.165, 1.54) is 77.0 Å². The highest BCUT2D eigenvalue weighted by Gasteiger charge is 2.39. The average molecular weight is 524 g/mol. The quantitative estimate of drug-likeness (QED) is 0.171. The molecular formula is C28H47BrN2O2. The minimum Gasteiger partial charge on any atom is -1.00 e. The maximum atomic E-state index is 12.9. The number of Topliss-reactive ketones (excluding diaryl/α,β-unsaturated/α-hetero) is 1. The number of hydrogen-bond acceptors (Lipinski definition) is 3. The lowest BCUT2D eigenvalue weighted by Crippen LogP contribution is -3.00. The second-order valence-corrected chi connectivity index (χ2v) is 9.55. The summed E-state index contributed by atoms with van der Waals surface area (Å²) in [5.74, 6) is 1.28. The van der Waals surface area contributed by atoms with Crippen molar-refractivity contribution < 1.29 is 31.4 Å². The van der Waals surface area contributed by atoms with Crippen molar-refractivity contribution in [1.82, 2.24) is 0 Å². The SMILES string of the molecule is CCCCCCCCCCCCCCCC1=NCC[N+]1(CCO)CC(=O)c1ccccc1.[Br-]. The van der Waals surface area contributed by atoms with Crippen LogP contribution in [0.3, 0.4) is 0 Å². The number of aliphatic hydroxyl groups excluding tert-OH is 1. The van der Waals surface area contributed by atoms with E-state index in [1.54, 1.807) is 0 Å². The summed E-state index contributed by atoms with van der Waals surface area (Å²) in [6.07, 6.45) is 18.5. The van der Waals surface area contributed by atoms with E-state index < -0.39 is 0 Å². The highest BCUT2D eigenvalue weighted by atomic mass is 79.9. The molecule has 1 aromatic carbocycles. The van der Waals surface area contributed by atoms with Gasteiger partial charge in [0.15, 0.2) is 5.84 Å². The van der Waals surface area contributed by atoms with E-state index in [4.69, 9.17) is 4.99 Å². The second-order valence-electron chi connectivity index (χ2n) is 9.55. The Morgan fingerprint density at radius 1 is 0.879 bits per heavy atom. The number of aliphatic hydroxyl groups is 1. The fourth-order valence-electron chi connectivity index (χ4n) is 4.94. The molecule has 1 atom stereocenters. The number of hydrogen-bond donors (Lipinski definition) is 1. The Labute approximate surface area is 213 Å². The molecule has 2 rings (SSSR count). The van der Waals surface area contributed by atoms with Gasteiger partial charge in [-0.25, -0.2) is 4.99 Å². The number of ketones is 1. The molecule has 0 aromatic heterocycles. The Bertz CT molecular complexity index is 665. The summed E-state index contributed by atoms with van der Waals surface area (Å²) in [5.41, 5.74) is 0.759. The van der Waals surface area contributed by atoms with Gasteiger partial charge in [0.25, 0.3) is 0 Å². The van der Waals surface area contributed by atoms with Crippen molar-refractivity contribution in [3.63, 3.8) is 0 Å². The third-order valence-electron chi connectivity index (χ3n) is 6.94. The Hall–Kier alpha value is -1.04. The summed E-state index contributed by atoms with van der Waals surface area (Å²) in [5, 5.41) is 9.70. The van der Waals surface area contributed by atoms with Crippen LogP contribution in [-0.4, -0.2) is 54.0 Å². The first-order valence-electron chi connectivity index (χ1n) is 13.3. The molecule has 0 fully saturated rings. The molecule has 1 N–H and O–H groups in total. The van der Waals surface area contributed by atoms with Crippen LogP contribution in [0.5, 0.6) is 0 Å². The number of nitrogens with zero attached hydrogens (tertiary/aromatic N) is 2. The zero-order chi connectivity index (χ0) is 22.9. The van der Waals surface area contributed by atoms with Gasteiger partial charge in [0.05, 0.1) is 13.2 Å². The van der Waals surface area contributed by atoms with Crippen molar-refractivity contribution in [2.24, 2.45) is 4.99 Å². The lowest BCUT2D eigenvalue weighted by Gasteiger charge is -2.33. The first-order valence-corrected chi connectivity index (χ1v) is 13.3. The Balaban J connectivity index is 0.00000544. The average Bonchev–Trinajstić information content (AvgIpc) is 3.19. The van der Waals surface area contributed by atoms with Crippen molar-refractivity contribution in [2.45, 2.75) is 96.8 Å². The molecule has 33 heavy (non-hydrogen) atoms. The summed E-state index contributed by atoms with van der Waals surface area (Å²) in [4.78, 5) is 17.6. The van der Waals surface area contributed by atoms with Gasteiger partial charge in [-0.05, 0) is 6.42 Å². The number of amidine groups is 1. The number of unbranched alkanes of at least 4 members (excludes halogenated alkanes) is 12. The van der Waals surface area contributed by atoms with Crippen LogP contribution in [0.2, 0.25) is 0 Å².